The Kier molecular flexibility index (Phi) is 11.1. The van der Waals surface area contributed by atoms with E-state index in [1.165, 1.54) is 12.0 Å². The number of ether oxygens (including phenoxy) is 2. The Hall–Kier alpha value is -5.00. The predicted molar refractivity (Wildman–Crippen MR) is 207 cm³/mol. The molecule has 278 valence electrons. The molecule has 2 N–H and O–H groups in total. The molecule has 0 spiro atoms. The topological polar surface area (TPSA) is 125 Å². The average Bonchev–Trinajstić information content (AvgIpc) is 3.45. The maximum Gasteiger partial charge on any atom is 0.410 e. The maximum absolute atomic E-state index is 13.3. The van der Waals surface area contributed by atoms with E-state index in [-0.39, 0.29) is 25.0 Å². The quantitative estimate of drug-likeness (QED) is 0.184. The zero-order valence-electron chi connectivity index (χ0n) is 30.4. The Morgan fingerprint density at radius 1 is 0.981 bits per heavy atom. The van der Waals surface area contributed by atoms with Gasteiger partial charge in [0.2, 0.25) is 11.8 Å². The van der Waals surface area contributed by atoms with Crippen molar-refractivity contribution in [2.45, 2.75) is 58.3 Å². The number of rotatable bonds is 8. The number of carboxylic acid groups (broad SMARTS) is 1. The molecule has 4 aromatic rings. The summed E-state index contributed by atoms with van der Waals surface area (Å²) in [6.45, 7) is 7.16. The minimum absolute atomic E-state index is 0.0348. The Morgan fingerprint density at radius 2 is 1.66 bits per heavy atom. The van der Waals surface area contributed by atoms with E-state index < -0.39 is 17.8 Å². The van der Waals surface area contributed by atoms with Gasteiger partial charge < -0.3 is 34.6 Å². The van der Waals surface area contributed by atoms with Crippen LogP contribution >= 0.6 is 23.2 Å². The van der Waals surface area contributed by atoms with Crippen molar-refractivity contribution in [3.05, 3.63) is 87.9 Å². The predicted octanol–water partition coefficient (Wildman–Crippen LogP) is 8.34. The van der Waals surface area contributed by atoms with Crippen LogP contribution in [-0.2, 0) is 22.6 Å². The van der Waals surface area contributed by atoms with E-state index in [1.807, 2.05) is 88.5 Å². The maximum atomic E-state index is 13.3. The number of halogens is 2. The Morgan fingerprint density at radius 3 is 2.30 bits per heavy atom. The Labute approximate surface area is 319 Å². The number of nitrogens with one attached hydrogen (secondary N) is 1. The number of methoxy groups -OCH3 is 1. The van der Waals surface area contributed by atoms with Crippen molar-refractivity contribution < 1.29 is 29.0 Å². The molecule has 0 radical (unpaired) electrons. The van der Waals surface area contributed by atoms with Crippen molar-refractivity contribution in [3.63, 3.8) is 0 Å². The zero-order valence-corrected chi connectivity index (χ0v) is 31.9. The number of aromatic nitrogens is 1. The van der Waals surface area contributed by atoms with Crippen LogP contribution in [0.5, 0.6) is 5.88 Å². The minimum Gasteiger partial charge on any atom is -0.481 e. The number of fused-ring (bicyclic) bond motifs is 1. The number of amides is 3. The molecule has 1 unspecified atom stereocenters. The van der Waals surface area contributed by atoms with Gasteiger partial charge in [0.25, 0.3) is 0 Å². The second-order valence-corrected chi connectivity index (χ2v) is 15.1. The van der Waals surface area contributed by atoms with Crippen molar-refractivity contribution in [1.82, 2.24) is 20.1 Å². The van der Waals surface area contributed by atoms with Crippen LogP contribution < -0.4 is 15.0 Å². The largest absolute Gasteiger partial charge is 0.481 e. The molecule has 6 rings (SSSR count). The number of nitrogens with zero attached hydrogens (tertiary/aromatic N) is 4. The SMILES string of the molecule is COc1nc(-c2cccc(-c3cccc(-c4ccc5c(c4)N(C)CCN(C(=O)O)C5)c3Cl)c2Cl)ccc1CN(CC1CCC(=O)N1)C(=O)OC(C)(C)C. The van der Waals surface area contributed by atoms with Crippen LogP contribution in [0.1, 0.15) is 44.7 Å². The standard InChI is InChI=1S/C40H43Cl2N5O6/c1-40(2,3)53-39(51)47(23-27-15-17-34(48)43-27)22-26-14-16-32(44-37(26)52-5)31-11-7-10-30(36(31)42)29-9-6-8-28(35(29)41)24-12-13-25-21-46(38(49)50)19-18-45(4)33(25)20-24/h6-14,16,20,27H,15,17-19,21-23H2,1-5H3,(H,43,48)(H,49,50). The van der Waals surface area contributed by atoms with Crippen LogP contribution in [-0.4, -0.2) is 83.4 Å². The van der Waals surface area contributed by atoms with Crippen molar-refractivity contribution in [1.29, 1.82) is 0 Å². The summed E-state index contributed by atoms with van der Waals surface area (Å²) in [5, 5.41) is 13.5. The fourth-order valence-electron chi connectivity index (χ4n) is 6.69. The number of benzene rings is 3. The van der Waals surface area contributed by atoms with Gasteiger partial charge >= 0.3 is 12.2 Å². The second-order valence-electron chi connectivity index (χ2n) is 14.3. The van der Waals surface area contributed by atoms with Gasteiger partial charge in [-0.2, -0.15) is 0 Å². The highest BCUT2D eigenvalue weighted by atomic mass is 35.5. The zero-order chi connectivity index (χ0) is 38.0. The first-order chi connectivity index (χ1) is 25.2. The van der Waals surface area contributed by atoms with Crippen LogP contribution in [0.4, 0.5) is 15.3 Å². The number of likely N-dealkylation sites (N-methyl/N-ethyl adjacent to an activating group) is 1. The lowest BCUT2D eigenvalue weighted by Crippen LogP contribution is -2.43. The fourth-order valence-corrected chi connectivity index (χ4v) is 7.35. The summed E-state index contributed by atoms with van der Waals surface area (Å²) in [5.41, 5.74) is 6.26. The van der Waals surface area contributed by atoms with Crippen LogP contribution in [0.25, 0.3) is 33.5 Å². The van der Waals surface area contributed by atoms with Gasteiger partial charge in [0.15, 0.2) is 0 Å². The van der Waals surface area contributed by atoms with Crippen molar-refractivity contribution in [2.24, 2.45) is 0 Å². The molecule has 3 heterocycles. The van der Waals surface area contributed by atoms with E-state index in [9.17, 15) is 19.5 Å². The molecule has 0 bridgehead atoms. The van der Waals surface area contributed by atoms with E-state index in [2.05, 4.69) is 16.3 Å². The summed E-state index contributed by atoms with van der Waals surface area (Å²) >= 11 is 14.3. The third kappa shape index (κ3) is 8.47. The van der Waals surface area contributed by atoms with E-state index in [4.69, 9.17) is 37.7 Å². The summed E-state index contributed by atoms with van der Waals surface area (Å²) in [6.07, 6.45) is -0.386. The molecular formula is C40H43Cl2N5O6. The monoisotopic (exact) mass is 759 g/mol. The van der Waals surface area contributed by atoms with Gasteiger partial charge in [0.05, 0.1) is 35.9 Å². The summed E-state index contributed by atoms with van der Waals surface area (Å²) in [4.78, 5) is 46.8. The van der Waals surface area contributed by atoms with Gasteiger partial charge in [0.1, 0.15) is 5.60 Å². The van der Waals surface area contributed by atoms with Crippen molar-refractivity contribution in [3.8, 4) is 39.4 Å². The van der Waals surface area contributed by atoms with Gasteiger partial charge in [-0.15, -0.1) is 0 Å². The molecule has 2 aliphatic heterocycles. The molecule has 53 heavy (non-hydrogen) atoms. The smallest absolute Gasteiger partial charge is 0.410 e. The van der Waals surface area contributed by atoms with Gasteiger partial charge in [-0.25, -0.2) is 14.6 Å². The number of carbonyl (C=O) groups excluding carboxylic acids is 2. The van der Waals surface area contributed by atoms with Gasteiger partial charge in [-0.05, 0) is 56.5 Å². The molecule has 1 atom stereocenters. The van der Waals surface area contributed by atoms with E-state index in [0.717, 1.165) is 33.5 Å². The summed E-state index contributed by atoms with van der Waals surface area (Å²) in [5.74, 6) is 0.292. The summed E-state index contributed by atoms with van der Waals surface area (Å²) in [7, 11) is 3.48. The van der Waals surface area contributed by atoms with Gasteiger partial charge in [0, 0.05) is 72.6 Å². The van der Waals surface area contributed by atoms with Crippen LogP contribution in [0.3, 0.4) is 0 Å². The molecule has 2 aliphatic rings. The third-order valence-corrected chi connectivity index (χ3v) is 10.2. The third-order valence-electron chi connectivity index (χ3n) is 9.38. The van der Waals surface area contributed by atoms with E-state index in [1.54, 1.807) is 4.90 Å². The molecule has 1 saturated heterocycles. The van der Waals surface area contributed by atoms with Crippen LogP contribution in [0.2, 0.25) is 10.0 Å². The van der Waals surface area contributed by atoms with Crippen LogP contribution in [0.15, 0.2) is 66.7 Å². The van der Waals surface area contributed by atoms with Crippen molar-refractivity contribution >= 4 is 47.0 Å². The van der Waals surface area contributed by atoms with Crippen molar-refractivity contribution in [2.75, 3.05) is 38.7 Å². The lowest BCUT2D eigenvalue weighted by atomic mass is 9.95. The fraction of sp³-hybridized carbons (Fsp3) is 0.350. The highest BCUT2D eigenvalue weighted by molar-refractivity contribution is 6.39. The second kappa shape index (κ2) is 15.5. The lowest BCUT2D eigenvalue weighted by molar-refractivity contribution is -0.119. The Bertz CT molecular complexity index is 2050. The average molecular weight is 761 g/mol. The van der Waals surface area contributed by atoms with E-state index in [0.29, 0.717) is 65.2 Å². The first-order valence-corrected chi connectivity index (χ1v) is 18.2. The molecule has 0 saturated carbocycles. The normalized spacial score (nSPS) is 15.8. The highest BCUT2D eigenvalue weighted by Gasteiger charge is 2.30. The first-order valence-electron chi connectivity index (χ1n) is 17.4. The van der Waals surface area contributed by atoms with E-state index >= 15 is 0 Å². The molecule has 1 aromatic heterocycles. The number of anilines is 1. The number of pyridine rings is 1. The molecule has 3 aromatic carbocycles. The molecule has 1 fully saturated rings. The number of hydrogen-bond donors (Lipinski definition) is 2. The summed E-state index contributed by atoms with van der Waals surface area (Å²) in [6, 6.07) is 21.0. The molecule has 11 nitrogen and oxygen atoms in total. The lowest BCUT2D eigenvalue weighted by Gasteiger charge is -2.29. The minimum atomic E-state index is -0.938. The summed E-state index contributed by atoms with van der Waals surface area (Å²) < 4.78 is 11.4. The first kappa shape index (κ1) is 37.7. The number of carbonyl (C=O) groups is 3. The molecule has 3 amide bonds. The molecule has 13 heteroatoms. The highest BCUT2D eigenvalue weighted by Crippen LogP contribution is 2.43. The number of hydrogen-bond acceptors (Lipinski definition) is 7. The molecular weight excluding hydrogens is 717 g/mol. The van der Waals surface area contributed by atoms with Gasteiger partial charge in [-0.3, -0.25) is 4.79 Å². The Balaban J connectivity index is 1.30. The van der Waals surface area contributed by atoms with Crippen LogP contribution in [0, 0.1) is 0 Å². The van der Waals surface area contributed by atoms with Gasteiger partial charge in [-0.1, -0.05) is 71.7 Å². The molecule has 0 aliphatic carbocycles.